The summed E-state index contributed by atoms with van der Waals surface area (Å²) in [6.45, 7) is 5.70. The molecular formula is C23H24N2O5S. The van der Waals surface area contributed by atoms with Gasteiger partial charge in [-0.3, -0.25) is 4.79 Å². The number of nitrogens with zero attached hydrogens (tertiary/aromatic N) is 1. The number of aryl methyl sites for hydroxylation is 2. The Bertz CT molecular complexity index is 1220. The average Bonchev–Trinajstić information content (AvgIpc) is 3.00. The summed E-state index contributed by atoms with van der Waals surface area (Å²) < 4.78 is 30.0. The normalized spacial score (nSPS) is 11.4. The Morgan fingerprint density at radius 2 is 1.58 bits per heavy atom. The first-order chi connectivity index (χ1) is 14.6. The molecule has 0 fully saturated rings. The van der Waals surface area contributed by atoms with E-state index < -0.39 is 16.0 Å². The van der Waals surface area contributed by atoms with E-state index in [9.17, 15) is 18.0 Å². The molecule has 0 saturated carbocycles. The van der Waals surface area contributed by atoms with Crippen molar-refractivity contribution in [3.8, 4) is 0 Å². The number of benzene rings is 2. The van der Waals surface area contributed by atoms with E-state index in [0.717, 1.165) is 16.8 Å². The highest BCUT2D eigenvalue weighted by molar-refractivity contribution is 7.89. The number of carbonyl (C=O) groups excluding carboxylic acids is 2. The maximum Gasteiger partial charge on any atom is 0.340 e. The second-order valence-electron chi connectivity index (χ2n) is 7.43. The van der Waals surface area contributed by atoms with Gasteiger partial charge < -0.3 is 9.30 Å². The summed E-state index contributed by atoms with van der Waals surface area (Å²) >= 11 is 0. The Morgan fingerprint density at radius 1 is 0.968 bits per heavy atom. The van der Waals surface area contributed by atoms with Gasteiger partial charge in [-0.2, -0.15) is 0 Å². The number of ether oxygens (including phenoxy) is 1. The molecule has 1 heterocycles. The summed E-state index contributed by atoms with van der Waals surface area (Å²) in [4.78, 5) is 24.9. The van der Waals surface area contributed by atoms with E-state index in [1.54, 1.807) is 37.3 Å². The topological polar surface area (TPSA) is 108 Å². The van der Waals surface area contributed by atoms with Crippen molar-refractivity contribution in [2.24, 2.45) is 5.14 Å². The van der Waals surface area contributed by atoms with Crippen LogP contribution < -0.4 is 5.14 Å². The van der Waals surface area contributed by atoms with Crippen molar-refractivity contribution in [3.63, 3.8) is 0 Å². The Labute approximate surface area is 181 Å². The highest BCUT2D eigenvalue weighted by Gasteiger charge is 2.19. The number of aromatic nitrogens is 1. The molecule has 0 unspecified atom stereocenters. The summed E-state index contributed by atoms with van der Waals surface area (Å²) in [5.74, 6) is -0.832. The fraction of sp³-hybridized carbons (Fsp3) is 0.217. The van der Waals surface area contributed by atoms with E-state index in [0.29, 0.717) is 23.4 Å². The van der Waals surface area contributed by atoms with Crippen LogP contribution in [0, 0.1) is 20.8 Å². The van der Waals surface area contributed by atoms with Crippen molar-refractivity contribution in [2.75, 3.05) is 6.61 Å². The molecule has 2 N–H and O–H groups in total. The minimum Gasteiger partial charge on any atom is -0.454 e. The van der Waals surface area contributed by atoms with Crippen LogP contribution >= 0.6 is 0 Å². The lowest BCUT2D eigenvalue weighted by Gasteiger charge is -2.11. The number of nitrogens with two attached hydrogens (primary N) is 1. The van der Waals surface area contributed by atoms with Gasteiger partial charge in [0.15, 0.2) is 12.4 Å². The predicted molar refractivity (Wildman–Crippen MR) is 117 cm³/mol. The molecule has 7 nitrogen and oxygen atoms in total. The number of Topliss-reactive ketones (excluding diaryl/α,β-unsaturated/α-hetero) is 1. The predicted octanol–water partition coefficient (Wildman–Crippen LogP) is 3.15. The lowest BCUT2D eigenvalue weighted by molar-refractivity contribution is 0.0474. The molecule has 162 valence electrons. The first-order valence-corrected chi connectivity index (χ1v) is 11.2. The third kappa shape index (κ3) is 5.28. The smallest absolute Gasteiger partial charge is 0.340 e. The highest BCUT2D eigenvalue weighted by Crippen LogP contribution is 2.19. The maximum atomic E-state index is 12.6. The van der Waals surface area contributed by atoms with Crippen LogP contribution in [-0.2, 0) is 21.3 Å². The zero-order valence-electron chi connectivity index (χ0n) is 17.6. The van der Waals surface area contributed by atoms with Crippen LogP contribution in [0.4, 0.5) is 0 Å². The number of carbonyl (C=O) groups is 2. The van der Waals surface area contributed by atoms with Gasteiger partial charge in [0.1, 0.15) is 0 Å². The summed E-state index contributed by atoms with van der Waals surface area (Å²) in [6, 6.07) is 15.0. The van der Waals surface area contributed by atoms with E-state index in [4.69, 9.17) is 9.88 Å². The van der Waals surface area contributed by atoms with Gasteiger partial charge in [-0.15, -0.1) is 0 Å². The van der Waals surface area contributed by atoms with Gasteiger partial charge in [-0.05, 0) is 44.5 Å². The number of ketones is 1. The largest absolute Gasteiger partial charge is 0.454 e. The molecule has 1 aromatic heterocycles. The van der Waals surface area contributed by atoms with Crippen molar-refractivity contribution >= 4 is 21.8 Å². The standard InChI is InChI=1S/C23H24N2O5S/c1-15-4-8-19(9-5-15)22(26)14-30-23(27)21-12-16(2)25(17(21)3)13-18-6-10-20(11-7-18)31(24,28)29/h4-12H,13-14H2,1-3H3,(H2,24,28,29). The van der Waals surface area contributed by atoms with E-state index in [-0.39, 0.29) is 17.3 Å². The fourth-order valence-corrected chi connectivity index (χ4v) is 3.77. The SMILES string of the molecule is Cc1ccc(C(=O)COC(=O)c2cc(C)n(Cc3ccc(S(N)(=O)=O)cc3)c2C)cc1. The second kappa shape index (κ2) is 8.87. The Balaban J connectivity index is 1.70. The molecule has 8 heteroatoms. The molecule has 3 aromatic rings. The Morgan fingerprint density at radius 3 is 2.16 bits per heavy atom. The van der Waals surface area contributed by atoms with E-state index in [1.165, 1.54) is 12.1 Å². The van der Waals surface area contributed by atoms with Crippen molar-refractivity contribution in [1.29, 1.82) is 0 Å². The van der Waals surface area contributed by atoms with Crippen LogP contribution in [0.15, 0.2) is 59.5 Å². The zero-order chi connectivity index (χ0) is 22.8. The van der Waals surface area contributed by atoms with Crippen molar-refractivity contribution in [1.82, 2.24) is 4.57 Å². The third-order valence-corrected chi connectivity index (χ3v) is 6.02. The quantitative estimate of drug-likeness (QED) is 0.448. The number of rotatable bonds is 7. The molecule has 0 radical (unpaired) electrons. The van der Waals surface area contributed by atoms with Crippen LogP contribution in [0.1, 0.15) is 43.2 Å². The maximum absolute atomic E-state index is 12.6. The second-order valence-corrected chi connectivity index (χ2v) is 8.99. The summed E-state index contributed by atoms with van der Waals surface area (Å²) in [7, 11) is -3.75. The van der Waals surface area contributed by atoms with E-state index >= 15 is 0 Å². The minimum atomic E-state index is -3.75. The van der Waals surface area contributed by atoms with Crippen LogP contribution in [0.3, 0.4) is 0 Å². The molecular weight excluding hydrogens is 416 g/mol. The van der Waals surface area contributed by atoms with Gasteiger partial charge in [0.2, 0.25) is 10.0 Å². The number of primary sulfonamides is 1. The monoisotopic (exact) mass is 440 g/mol. The molecule has 2 aromatic carbocycles. The molecule has 31 heavy (non-hydrogen) atoms. The fourth-order valence-electron chi connectivity index (χ4n) is 3.25. The van der Waals surface area contributed by atoms with Gasteiger partial charge in [-0.1, -0.05) is 42.0 Å². The van der Waals surface area contributed by atoms with Crippen LogP contribution in [-0.4, -0.2) is 31.3 Å². The lowest BCUT2D eigenvalue weighted by atomic mass is 10.1. The molecule has 0 aliphatic carbocycles. The molecule has 0 saturated heterocycles. The van der Waals surface area contributed by atoms with E-state index in [1.807, 2.05) is 30.5 Å². The van der Waals surface area contributed by atoms with Crippen LogP contribution in [0.5, 0.6) is 0 Å². The summed E-state index contributed by atoms with van der Waals surface area (Å²) in [6.07, 6.45) is 0. The minimum absolute atomic E-state index is 0.0414. The molecule has 0 aliphatic rings. The molecule has 0 atom stereocenters. The number of hydrogen-bond acceptors (Lipinski definition) is 5. The first kappa shape index (κ1) is 22.5. The molecule has 0 spiro atoms. The van der Waals surface area contributed by atoms with Gasteiger partial charge in [-0.25, -0.2) is 18.4 Å². The van der Waals surface area contributed by atoms with Crippen LogP contribution in [0.25, 0.3) is 0 Å². The average molecular weight is 441 g/mol. The number of esters is 1. The third-order valence-electron chi connectivity index (χ3n) is 5.09. The van der Waals surface area contributed by atoms with Crippen LogP contribution in [0.2, 0.25) is 0 Å². The van der Waals surface area contributed by atoms with Gasteiger partial charge >= 0.3 is 5.97 Å². The van der Waals surface area contributed by atoms with Crippen molar-refractivity contribution in [2.45, 2.75) is 32.2 Å². The Hall–Kier alpha value is -3.23. The molecule has 3 rings (SSSR count). The summed E-state index contributed by atoms with van der Waals surface area (Å²) in [5, 5.41) is 5.13. The number of sulfonamides is 1. The molecule has 0 aliphatic heterocycles. The molecule has 0 bridgehead atoms. The van der Waals surface area contributed by atoms with Gasteiger partial charge in [0, 0.05) is 23.5 Å². The Kier molecular flexibility index (Phi) is 6.42. The van der Waals surface area contributed by atoms with Gasteiger partial charge in [0.25, 0.3) is 0 Å². The highest BCUT2D eigenvalue weighted by atomic mass is 32.2. The first-order valence-electron chi connectivity index (χ1n) is 9.61. The summed E-state index contributed by atoms with van der Waals surface area (Å²) in [5.41, 5.74) is 4.30. The zero-order valence-corrected chi connectivity index (χ0v) is 18.4. The van der Waals surface area contributed by atoms with E-state index in [2.05, 4.69) is 0 Å². The number of hydrogen-bond donors (Lipinski definition) is 1. The lowest BCUT2D eigenvalue weighted by Crippen LogP contribution is -2.15. The molecule has 0 amide bonds. The van der Waals surface area contributed by atoms with Gasteiger partial charge in [0.05, 0.1) is 10.5 Å². The van der Waals surface area contributed by atoms with Crippen molar-refractivity contribution < 1.29 is 22.7 Å². The van der Waals surface area contributed by atoms with Crippen molar-refractivity contribution in [3.05, 3.63) is 88.2 Å².